The van der Waals surface area contributed by atoms with Gasteiger partial charge in [-0.3, -0.25) is 14.9 Å². The quantitative estimate of drug-likeness (QED) is 0.367. The molecular weight excluding hydrogens is 444 g/mol. The lowest BCUT2D eigenvalue weighted by molar-refractivity contribution is -0.384. The second-order valence-electron chi connectivity index (χ2n) is 8.00. The number of anilines is 1. The molecule has 1 amide bonds. The van der Waals surface area contributed by atoms with Crippen molar-refractivity contribution >= 4 is 29.4 Å². The Kier molecular flexibility index (Phi) is 7.31. The van der Waals surface area contributed by atoms with Gasteiger partial charge in [-0.15, -0.1) is 0 Å². The summed E-state index contributed by atoms with van der Waals surface area (Å²) in [5.41, 5.74) is 1.04. The Labute approximate surface area is 195 Å². The number of nitriles is 1. The number of nitrogens with zero attached hydrogens (tertiary/aromatic N) is 3. The number of hydrogen-bond acceptors (Lipinski definition) is 8. The number of carbonyl (C=O) groups excluding carboxylic acids is 3. The van der Waals surface area contributed by atoms with E-state index in [0.717, 1.165) is 62.2 Å². The summed E-state index contributed by atoms with van der Waals surface area (Å²) in [6.45, 7) is 3.02. The molecule has 0 unspecified atom stereocenters. The minimum Gasteiger partial charge on any atom is -0.465 e. The molecule has 0 atom stereocenters. The van der Waals surface area contributed by atoms with Crippen LogP contribution in [0.25, 0.3) is 0 Å². The van der Waals surface area contributed by atoms with Gasteiger partial charge in [0.05, 0.1) is 28.7 Å². The van der Waals surface area contributed by atoms with Crippen LogP contribution in [0.5, 0.6) is 0 Å². The van der Waals surface area contributed by atoms with Crippen LogP contribution in [0.1, 0.15) is 69.3 Å². The van der Waals surface area contributed by atoms with Crippen LogP contribution in [-0.2, 0) is 14.3 Å². The van der Waals surface area contributed by atoms with E-state index in [4.69, 9.17) is 4.74 Å². The Balaban J connectivity index is 1.78. The van der Waals surface area contributed by atoms with Crippen molar-refractivity contribution in [3.05, 3.63) is 56.3 Å². The van der Waals surface area contributed by atoms with Gasteiger partial charge < -0.3 is 19.4 Å². The molecule has 1 saturated carbocycles. The van der Waals surface area contributed by atoms with Crippen molar-refractivity contribution in [3.8, 4) is 6.07 Å². The molecule has 0 radical (unpaired) electrons. The summed E-state index contributed by atoms with van der Waals surface area (Å²) in [6, 6.07) is 5.30. The predicted molar refractivity (Wildman–Crippen MR) is 119 cm³/mol. The van der Waals surface area contributed by atoms with Gasteiger partial charge >= 0.3 is 11.9 Å². The summed E-state index contributed by atoms with van der Waals surface area (Å²) in [6.07, 6.45) is 4.00. The first-order chi connectivity index (χ1) is 16.2. The van der Waals surface area contributed by atoms with Gasteiger partial charge in [0.15, 0.2) is 6.61 Å². The summed E-state index contributed by atoms with van der Waals surface area (Å²) in [4.78, 5) is 47.2. The monoisotopic (exact) mass is 468 g/mol. The minimum absolute atomic E-state index is 0.167. The third-order valence-corrected chi connectivity index (χ3v) is 5.94. The zero-order chi connectivity index (χ0) is 25.0. The van der Waals surface area contributed by atoms with Crippen LogP contribution in [0.2, 0.25) is 0 Å². The van der Waals surface area contributed by atoms with Gasteiger partial charge in [0, 0.05) is 23.9 Å². The standard InChI is InChI=1S/C23H24N4O7/c1-13-14(2)26(17-6-4-5-7-17)21(19(13)11-24)25-20(28)12-34-23(30)16-8-15(22(29)33-3)9-18(10-16)27(31)32/h8-10,17H,4-7,12H2,1-3H3,(H,25,28). The number of nitro benzene ring substituents is 1. The van der Waals surface area contributed by atoms with Gasteiger partial charge in [-0.2, -0.15) is 5.26 Å². The van der Waals surface area contributed by atoms with Gasteiger partial charge in [-0.1, -0.05) is 12.8 Å². The summed E-state index contributed by atoms with van der Waals surface area (Å²) < 4.78 is 11.5. The lowest BCUT2D eigenvalue weighted by atomic mass is 10.1. The largest absolute Gasteiger partial charge is 0.465 e. The lowest BCUT2D eigenvalue weighted by Crippen LogP contribution is -2.24. The van der Waals surface area contributed by atoms with Gasteiger partial charge in [0.25, 0.3) is 11.6 Å². The zero-order valence-corrected chi connectivity index (χ0v) is 19.0. The summed E-state index contributed by atoms with van der Waals surface area (Å²) >= 11 is 0. The van der Waals surface area contributed by atoms with Gasteiger partial charge in [0.2, 0.25) is 0 Å². The summed E-state index contributed by atoms with van der Waals surface area (Å²) in [5.74, 6) is -2.19. The number of nitro groups is 1. The molecule has 0 aliphatic heterocycles. The predicted octanol–water partition coefficient (Wildman–Crippen LogP) is 3.58. The van der Waals surface area contributed by atoms with Crippen LogP contribution >= 0.6 is 0 Å². The summed E-state index contributed by atoms with van der Waals surface area (Å²) in [5, 5.41) is 23.5. The van der Waals surface area contributed by atoms with E-state index in [1.165, 1.54) is 0 Å². The topological polar surface area (TPSA) is 154 Å². The summed E-state index contributed by atoms with van der Waals surface area (Å²) in [7, 11) is 1.10. The number of nitrogens with one attached hydrogen (secondary N) is 1. The highest BCUT2D eigenvalue weighted by Gasteiger charge is 2.27. The number of rotatable bonds is 7. The van der Waals surface area contributed by atoms with Crippen molar-refractivity contribution in [2.75, 3.05) is 19.0 Å². The van der Waals surface area contributed by atoms with Gasteiger partial charge in [-0.25, -0.2) is 9.59 Å². The van der Waals surface area contributed by atoms with E-state index in [1.807, 2.05) is 18.4 Å². The molecule has 178 valence electrons. The number of aromatic nitrogens is 1. The molecule has 11 heteroatoms. The fraction of sp³-hybridized carbons (Fsp3) is 0.391. The number of hydrogen-bond donors (Lipinski definition) is 1. The number of carbonyl (C=O) groups is 3. The average molecular weight is 468 g/mol. The van der Waals surface area contributed by atoms with Gasteiger partial charge in [-0.05, 0) is 38.3 Å². The van der Waals surface area contributed by atoms with Crippen LogP contribution in [-0.4, -0.2) is 41.1 Å². The maximum absolute atomic E-state index is 12.6. The van der Waals surface area contributed by atoms with E-state index < -0.39 is 35.1 Å². The molecule has 1 aromatic carbocycles. The molecule has 1 aliphatic rings. The number of ether oxygens (including phenoxy) is 2. The smallest absolute Gasteiger partial charge is 0.338 e. The highest BCUT2D eigenvalue weighted by molar-refractivity contribution is 5.98. The molecule has 3 rings (SSSR count). The van der Waals surface area contributed by atoms with Gasteiger partial charge in [0.1, 0.15) is 11.9 Å². The van der Waals surface area contributed by atoms with E-state index in [9.17, 15) is 29.8 Å². The SMILES string of the molecule is COC(=O)c1cc(C(=O)OCC(=O)Nc2c(C#N)c(C)c(C)n2C2CCCC2)cc([N+](=O)[O-])c1. The van der Waals surface area contributed by atoms with Crippen molar-refractivity contribution in [2.45, 2.75) is 45.6 Å². The highest BCUT2D eigenvalue weighted by atomic mass is 16.6. The third kappa shape index (κ3) is 4.91. The van der Waals surface area contributed by atoms with E-state index >= 15 is 0 Å². The maximum atomic E-state index is 12.6. The molecule has 0 saturated heterocycles. The Morgan fingerprint density at radius 2 is 1.79 bits per heavy atom. The molecule has 1 heterocycles. The first kappa shape index (κ1) is 24.4. The normalized spacial score (nSPS) is 13.2. The molecule has 1 aromatic heterocycles. The molecule has 34 heavy (non-hydrogen) atoms. The second-order valence-corrected chi connectivity index (χ2v) is 8.00. The molecule has 2 aromatic rings. The fourth-order valence-electron chi connectivity index (χ4n) is 4.16. The molecule has 11 nitrogen and oxygen atoms in total. The molecule has 1 N–H and O–H groups in total. The Morgan fingerprint density at radius 1 is 1.18 bits per heavy atom. The van der Waals surface area contributed by atoms with Crippen molar-refractivity contribution in [3.63, 3.8) is 0 Å². The molecule has 1 fully saturated rings. The van der Waals surface area contributed by atoms with E-state index in [2.05, 4.69) is 16.1 Å². The van der Waals surface area contributed by atoms with Crippen LogP contribution in [0, 0.1) is 35.3 Å². The molecule has 1 aliphatic carbocycles. The van der Waals surface area contributed by atoms with Crippen LogP contribution in [0.3, 0.4) is 0 Å². The number of amides is 1. The number of non-ortho nitro benzene ring substituents is 1. The maximum Gasteiger partial charge on any atom is 0.338 e. The zero-order valence-electron chi connectivity index (χ0n) is 19.0. The lowest BCUT2D eigenvalue weighted by Gasteiger charge is -2.19. The average Bonchev–Trinajstić information content (AvgIpc) is 3.43. The number of esters is 2. The first-order valence-corrected chi connectivity index (χ1v) is 10.6. The minimum atomic E-state index is -1.02. The Bertz CT molecular complexity index is 1200. The third-order valence-electron chi connectivity index (χ3n) is 5.94. The molecule has 0 bridgehead atoms. The van der Waals surface area contributed by atoms with Crippen molar-refractivity contribution in [1.82, 2.24) is 4.57 Å². The van der Waals surface area contributed by atoms with E-state index in [0.29, 0.717) is 11.4 Å². The number of methoxy groups -OCH3 is 1. The Morgan fingerprint density at radius 3 is 2.35 bits per heavy atom. The molecular formula is C23H24N4O7. The van der Waals surface area contributed by atoms with E-state index in [1.54, 1.807) is 0 Å². The molecule has 0 spiro atoms. The van der Waals surface area contributed by atoms with Crippen molar-refractivity contribution in [1.29, 1.82) is 5.26 Å². The van der Waals surface area contributed by atoms with Crippen LogP contribution < -0.4 is 5.32 Å². The Hall–Kier alpha value is -4.20. The van der Waals surface area contributed by atoms with Crippen LogP contribution in [0.15, 0.2) is 18.2 Å². The van der Waals surface area contributed by atoms with Crippen molar-refractivity contribution in [2.24, 2.45) is 0 Å². The highest BCUT2D eigenvalue weighted by Crippen LogP contribution is 2.37. The fourth-order valence-corrected chi connectivity index (χ4v) is 4.16. The van der Waals surface area contributed by atoms with Crippen molar-refractivity contribution < 1.29 is 28.8 Å². The van der Waals surface area contributed by atoms with E-state index in [-0.39, 0.29) is 17.2 Å². The first-order valence-electron chi connectivity index (χ1n) is 10.6. The van der Waals surface area contributed by atoms with Crippen LogP contribution in [0.4, 0.5) is 11.5 Å². The second kappa shape index (κ2) is 10.2. The number of benzene rings is 1.